The first-order valence-corrected chi connectivity index (χ1v) is 10.1. The molecule has 0 aromatic carbocycles. The Kier molecular flexibility index (Phi) is 3.68. The van der Waals surface area contributed by atoms with Gasteiger partial charge in [0.2, 0.25) is 5.91 Å². The van der Waals surface area contributed by atoms with Crippen molar-refractivity contribution in [3.63, 3.8) is 0 Å². The molecule has 3 heteroatoms. The average molecular weight is 332 g/mol. The summed E-state index contributed by atoms with van der Waals surface area (Å²) < 4.78 is 0. The minimum atomic E-state index is -0.0869. The molecule has 134 valence electrons. The van der Waals surface area contributed by atoms with Crippen LogP contribution in [0.4, 0.5) is 0 Å². The van der Waals surface area contributed by atoms with Gasteiger partial charge in [0, 0.05) is 24.8 Å². The van der Waals surface area contributed by atoms with Gasteiger partial charge >= 0.3 is 0 Å². The van der Waals surface area contributed by atoms with E-state index in [2.05, 4.69) is 26.1 Å². The monoisotopic (exact) mass is 331 g/mol. The summed E-state index contributed by atoms with van der Waals surface area (Å²) in [6, 6.07) is 0. The van der Waals surface area contributed by atoms with Crippen LogP contribution in [0.2, 0.25) is 0 Å². The highest BCUT2D eigenvalue weighted by Crippen LogP contribution is 2.69. The molecule has 3 unspecified atom stereocenters. The summed E-state index contributed by atoms with van der Waals surface area (Å²) in [6.07, 6.45) is 9.57. The number of fused-ring (bicyclic) bond motifs is 5. The van der Waals surface area contributed by atoms with Crippen molar-refractivity contribution in [2.24, 2.45) is 34.0 Å². The highest BCUT2D eigenvalue weighted by molar-refractivity contribution is 5.88. The molecule has 0 spiro atoms. The molecular weight excluding hydrogens is 298 g/mol. The van der Waals surface area contributed by atoms with Crippen LogP contribution in [-0.2, 0) is 9.59 Å². The summed E-state index contributed by atoms with van der Waals surface area (Å²) in [6.45, 7) is 8.02. The van der Waals surface area contributed by atoms with Gasteiger partial charge < -0.3 is 5.32 Å². The molecule has 3 aliphatic carbocycles. The van der Waals surface area contributed by atoms with Crippen molar-refractivity contribution >= 4 is 11.7 Å². The van der Waals surface area contributed by atoms with E-state index in [4.69, 9.17) is 0 Å². The van der Waals surface area contributed by atoms with Crippen LogP contribution in [0.3, 0.4) is 0 Å². The number of hydrogen-bond donors (Lipinski definition) is 1. The molecule has 0 radical (unpaired) electrons. The topological polar surface area (TPSA) is 46.2 Å². The van der Waals surface area contributed by atoms with Gasteiger partial charge in [0.05, 0.1) is 0 Å². The van der Waals surface area contributed by atoms with Gasteiger partial charge in [-0.15, -0.1) is 0 Å². The minimum Gasteiger partial charge on any atom is -0.356 e. The Morgan fingerprint density at radius 3 is 2.46 bits per heavy atom. The van der Waals surface area contributed by atoms with Crippen molar-refractivity contribution in [2.45, 2.75) is 78.6 Å². The van der Waals surface area contributed by atoms with Crippen molar-refractivity contribution < 1.29 is 9.59 Å². The molecule has 1 heterocycles. The Morgan fingerprint density at radius 1 is 0.875 bits per heavy atom. The maximum Gasteiger partial charge on any atom is 0.220 e. The molecule has 6 atom stereocenters. The molecule has 3 nitrogen and oxygen atoms in total. The van der Waals surface area contributed by atoms with Crippen LogP contribution < -0.4 is 5.32 Å². The molecule has 4 rings (SSSR count). The number of rotatable bonds is 0. The predicted molar refractivity (Wildman–Crippen MR) is 94.4 cm³/mol. The van der Waals surface area contributed by atoms with Crippen molar-refractivity contribution in [1.29, 1.82) is 0 Å². The number of carbonyl (C=O) groups excluding carboxylic acids is 2. The third-order valence-electron chi connectivity index (χ3n) is 9.32. The van der Waals surface area contributed by atoms with Gasteiger partial charge in [-0.3, -0.25) is 9.59 Å². The van der Waals surface area contributed by atoms with E-state index in [1.54, 1.807) is 0 Å². The highest BCUT2D eigenvalue weighted by Gasteiger charge is 2.65. The Bertz CT molecular complexity index is 572. The Morgan fingerprint density at radius 2 is 1.67 bits per heavy atom. The van der Waals surface area contributed by atoms with E-state index >= 15 is 0 Å². The van der Waals surface area contributed by atoms with Crippen LogP contribution in [-0.4, -0.2) is 18.2 Å². The molecule has 24 heavy (non-hydrogen) atoms. The van der Waals surface area contributed by atoms with Gasteiger partial charge in [0.1, 0.15) is 5.78 Å². The normalized spacial score (nSPS) is 51.7. The molecule has 1 N–H and O–H groups in total. The molecule has 0 aromatic rings. The second-order valence-corrected chi connectivity index (χ2v) is 9.84. The zero-order chi connectivity index (χ0) is 17.2. The summed E-state index contributed by atoms with van der Waals surface area (Å²) in [5.74, 6) is 2.87. The standard InChI is InChI=1S/C21H33NO2/c1-19-10-8-18(24)22-13-9-14(19)4-5-16-15(19)6-11-21(3)17(23)7-12-20(16,21)2/h14-16H,4-13H2,1-3H3,(H,22,24)/t14-,15?,16?,19-,20-,21?/m0/s1. The lowest BCUT2D eigenvalue weighted by Gasteiger charge is -2.62. The van der Waals surface area contributed by atoms with Crippen molar-refractivity contribution in [2.75, 3.05) is 6.54 Å². The lowest BCUT2D eigenvalue weighted by Crippen LogP contribution is -2.57. The largest absolute Gasteiger partial charge is 0.356 e. The first-order chi connectivity index (χ1) is 11.3. The fraction of sp³-hybridized carbons (Fsp3) is 0.905. The van der Waals surface area contributed by atoms with Crippen molar-refractivity contribution in [3.8, 4) is 0 Å². The van der Waals surface area contributed by atoms with Gasteiger partial charge in [-0.05, 0) is 73.5 Å². The zero-order valence-electron chi connectivity index (χ0n) is 15.6. The molecule has 1 aliphatic heterocycles. The molecule has 0 aromatic heterocycles. The van der Waals surface area contributed by atoms with Crippen LogP contribution in [0.15, 0.2) is 0 Å². The summed E-state index contributed by atoms with van der Waals surface area (Å²) in [5.41, 5.74) is 0.388. The van der Waals surface area contributed by atoms with Crippen LogP contribution in [0.5, 0.6) is 0 Å². The Labute approximate surface area is 146 Å². The number of amides is 1. The van der Waals surface area contributed by atoms with Crippen LogP contribution in [0.25, 0.3) is 0 Å². The summed E-state index contributed by atoms with van der Waals surface area (Å²) >= 11 is 0. The number of nitrogens with one attached hydrogen (secondary N) is 1. The third-order valence-corrected chi connectivity index (χ3v) is 9.32. The van der Waals surface area contributed by atoms with Crippen LogP contribution in [0.1, 0.15) is 78.6 Å². The Hall–Kier alpha value is -0.860. The number of hydrogen-bond acceptors (Lipinski definition) is 2. The number of carbonyl (C=O) groups is 2. The van der Waals surface area contributed by atoms with E-state index in [1.807, 2.05) is 0 Å². The summed E-state index contributed by atoms with van der Waals surface area (Å²) in [5, 5.41) is 3.08. The molecule has 4 fully saturated rings. The van der Waals surface area contributed by atoms with Crippen LogP contribution >= 0.6 is 0 Å². The second-order valence-electron chi connectivity index (χ2n) is 9.84. The fourth-order valence-electron chi connectivity index (χ4n) is 7.40. The van der Waals surface area contributed by atoms with E-state index in [0.29, 0.717) is 24.0 Å². The molecule has 4 aliphatic rings. The lowest BCUT2D eigenvalue weighted by molar-refractivity contribution is -0.156. The predicted octanol–water partition coefficient (Wildman–Crippen LogP) is 4.10. The summed E-state index contributed by atoms with van der Waals surface area (Å²) in [4.78, 5) is 24.7. The van der Waals surface area contributed by atoms with Gasteiger partial charge in [0.25, 0.3) is 0 Å². The fourth-order valence-corrected chi connectivity index (χ4v) is 7.40. The number of ketones is 1. The lowest BCUT2D eigenvalue weighted by atomic mass is 9.42. The average Bonchev–Trinajstić information content (AvgIpc) is 2.78. The maximum atomic E-state index is 12.7. The van der Waals surface area contributed by atoms with Gasteiger partial charge in [-0.25, -0.2) is 0 Å². The molecule has 1 amide bonds. The molecule has 3 saturated carbocycles. The van der Waals surface area contributed by atoms with E-state index in [0.717, 1.165) is 44.6 Å². The maximum absolute atomic E-state index is 12.7. The van der Waals surface area contributed by atoms with E-state index in [-0.39, 0.29) is 22.2 Å². The number of Topliss-reactive ketones (excluding diaryl/α,β-unsaturated/α-hetero) is 1. The van der Waals surface area contributed by atoms with Gasteiger partial charge in [-0.1, -0.05) is 20.8 Å². The first kappa shape index (κ1) is 16.6. The smallest absolute Gasteiger partial charge is 0.220 e. The van der Waals surface area contributed by atoms with Gasteiger partial charge in [-0.2, -0.15) is 0 Å². The summed E-state index contributed by atoms with van der Waals surface area (Å²) in [7, 11) is 0. The molecular formula is C21H33NO2. The third kappa shape index (κ3) is 2.02. The minimum absolute atomic E-state index is 0.0869. The molecule has 1 saturated heterocycles. The highest BCUT2D eigenvalue weighted by atomic mass is 16.1. The first-order valence-electron chi connectivity index (χ1n) is 10.1. The van der Waals surface area contributed by atoms with E-state index in [1.165, 1.54) is 19.3 Å². The second kappa shape index (κ2) is 5.32. The van der Waals surface area contributed by atoms with Gasteiger partial charge in [0.15, 0.2) is 0 Å². The van der Waals surface area contributed by atoms with E-state index < -0.39 is 0 Å². The SMILES string of the molecule is CC12CCC3C(CC[C@H]4CCNC(=O)CC[C@]34C)[C@]1(C)CCC2=O. The van der Waals surface area contributed by atoms with Crippen molar-refractivity contribution in [3.05, 3.63) is 0 Å². The Balaban J connectivity index is 1.68. The quantitative estimate of drug-likeness (QED) is 0.726. The molecule has 0 bridgehead atoms. The van der Waals surface area contributed by atoms with Crippen LogP contribution in [0, 0.1) is 34.0 Å². The van der Waals surface area contributed by atoms with Crippen molar-refractivity contribution in [1.82, 2.24) is 5.32 Å². The van der Waals surface area contributed by atoms with E-state index in [9.17, 15) is 9.59 Å². The zero-order valence-corrected chi connectivity index (χ0v) is 15.6.